The van der Waals surface area contributed by atoms with Gasteiger partial charge in [-0.05, 0) is 52.6 Å². The molecule has 1 heterocycles. The fourth-order valence-electron chi connectivity index (χ4n) is 3.54. The summed E-state index contributed by atoms with van der Waals surface area (Å²) in [6.07, 6.45) is 2.86. The highest BCUT2D eigenvalue weighted by molar-refractivity contribution is 7.54. The summed E-state index contributed by atoms with van der Waals surface area (Å²) in [6.45, 7) is 12.0. The second-order valence-corrected chi connectivity index (χ2v) is 14.5. The molecule has 11 heteroatoms. The Balaban J connectivity index is 3.14. The van der Waals surface area contributed by atoms with Crippen molar-refractivity contribution in [2.75, 3.05) is 26.4 Å². The number of rotatable bonds is 16. The highest BCUT2D eigenvalue weighted by Gasteiger charge is 2.51. The van der Waals surface area contributed by atoms with E-state index in [1.165, 1.54) is 0 Å². The quantitative estimate of drug-likeness (QED) is 0.191. The van der Waals surface area contributed by atoms with E-state index in [0.29, 0.717) is 12.8 Å². The van der Waals surface area contributed by atoms with E-state index in [1.807, 2.05) is 13.8 Å². The Morgan fingerprint density at radius 3 is 1.21 bits per heavy atom. The largest absolute Gasteiger partial charge is 0.379 e. The molecule has 1 fully saturated rings. The molecule has 1 aliphatic rings. The molecule has 2 unspecified atom stereocenters. The van der Waals surface area contributed by atoms with Crippen LogP contribution in [0.15, 0.2) is 0 Å². The van der Waals surface area contributed by atoms with Crippen molar-refractivity contribution in [1.29, 1.82) is 0 Å². The van der Waals surface area contributed by atoms with Gasteiger partial charge in [0.15, 0.2) is 0 Å². The Labute approximate surface area is 177 Å². The zero-order chi connectivity index (χ0) is 22.0. The molecule has 2 atom stereocenters. The van der Waals surface area contributed by atoms with E-state index in [4.69, 9.17) is 26.9 Å². The van der Waals surface area contributed by atoms with Crippen molar-refractivity contribution in [3.8, 4) is 0 Å². The molecule has 0 spiro atoms. The average Bonchev–Trinajstić information content (AvgIpc) is 3.13. The summed E-state index contributed by atoms with van der Waals surface area (Å²) >= 11 is 0. The summed E-state index contributed by atoms with van der Waals surface area (Å²) in [4.78, 5) is 0. The molecule has 0 aromatic heterocycles. The van der Waals surface area contributed by atoms with Crippen molar-refractivity contribution in [2.24, 2.45) is 0 Å². The van der Waals surface area contributed by atoms with Gasteiger partial charge in [-0.25, -0.2) is 0 Å². The zero-order valence-corrected chi connectivity index (χ0v) is 21.7. The van der Waals surface area contributed by atoms with Crippen LogP contribution in [0.5, 0.6) is 0 Å². The van der Waals surface area contributed by atoms with Gasteiger partial charge < -0.3 is 26.9 Å². The summed E-state index contributed by atoms with van der Waals surface area (Å²) in [5.74, 6) is -1.41. The van der Waals surface area contributed by atoms with Gasteiger partial charge in [-0.2, -0.15) is 0 Å². The third-order valence-corrected chi connectivity index (χ3v) is 13.6. The second kappa shape index (κ2) is 13.1. The predicted octanol–water partition coefficient (Wildman–Crippen LogP) is 6.26. The molecule has 29 heavy (non-hydrogen) atoms. The first-order valence-corrected chi connectivity index (χ1v) is 16.4. The molecule has 1 aliphatic heterocycles. The fourth-order valence-corrected chi connectivity index (χ4v) is 12.6. The lowest BCUT2D eigenvalue weighted by atomic mass is 10.4. The minimum Gasteiger partial charge on any atom is -0.379 e. The standard InChI is InChI=1S/C18H40O8P2Si/c1-7-17(27(19,21-9-3)22-10-4)25-29(15-13-14-16-29)26-18(8-2)28(20,23-11-5)24-12-6/h17-18H,7-16H2,1-6H3. The molecule has 0 aromatic rings. The minimum atomic E-state index is -3.44. The first kappa shape index (κ1) is 27.5. The van der Waals surface area contributed by atoms with E-state index >= 15 is 0 Å². The monoisotopic (exact) mass is 474 g/mol. The van der Waals surface area contributed by atoms with E-state index in [1.54, 1.807) is 27.7 Å². The molecule has 8 nitrogen and oxygen atoms in total. The smallest absolute Gasteiger partial charge is 0.357 e. The molecule has 1 saturated heterocycles. The molecule has 0 aliphatic carbocycles. The normalized spacial score (nSPS) is 19.4. The fraction of sp³-hybridized carbons (Fsp3) is 1.00. The van der Waals surface area contributed by atoms with Gasteiger partial charge in [-0.15, -0.1) is 0 Å². The summed E-state index contributed by atoms with van der Waals surface area (Å²) in [5, 5.41) is 0. The maximum absolute atomic E-state index is 13.3. The maximum Gasteiger partial charge on any atom is 0.357 e. The maximum atomic E-state index is 13.3. The van der Waals surface area contributed by atoms with E-state index in [-0.39, 0.29) is 26.4 Å². The summed E-state index contributed by atoms with van der Waals surface area (Å²) in [7, 11) is -9.68. The summed E-state index contributed by atoms with van der Waals surface area (Å²) < 4.78 is 61.7. The van der Waals surface area contributed by atoms with Crippen LogP contribution in [0, 0.1) is 0 Å². The lowest BCUT2D eigenvalue weighted by molar-refractivity contribution is 0.0888. The van der Waals surface area contributed by atoms with Gasteiger partial charge >= 0.3 is 23.8 Å². The molecule has 0 aromatic carbocycles. The Morgan fingerprint density at radius 2 is 0.966 bits per heavy atom. The van der Waals surface area contributed by atoms with Crippen LogP contribution in [0.3, 0.4) is 0 Å². The first-order valence-electron chi connectivity index (χ1n) is 10.9. The Morgan fingerprint density at radius 1 is 0.655 bits per heavy atom. The van der Waals surface area contributed by atoms with Crippen LogP contribution >= 0.6 is 15.2 Å². The van der Waals surface area contributed by atoms with E-state index in [0.717, 1.165) is 24.9 Å². The predicted molar refractivity (Wildman–Crippen MR) is 117 cm³/mol. The van der Waals surface area contributed by atoms with Crippen LogP contribution in [0.2, 0.25) is 12.1 Å². The average molecular weight is 475 g/mol. The third kappa shape index (κ3) is 7.51. The van der Waals surface area contributed by atoms with Crippen LogP contribution in [0.25, 0.3) is 0 Å². The topological polar surface area (TPSA) is 89.5 Å². The molecule has 0 N–H and O–H groups in total. The number of hydrogen-bond acceptors (Lipinski definition) is 8. The van der Waals surface area contributed by atoms with E-state index < -0.39 is 35.4 Å². The Bertz CT molecular complexity index is 494. The van der Waals surface area contributed by atoms with Crippen molar-refractivity contribution in [2.45, 2.75) is 91.0 Å². The SMILES string of the molecule is CCOP(=O)(OCC)C(CC)O[Si]1(OC(CC)P(=O)(OCC)OCC)CCCC1. The van der Waals surface area contributed by atoms with Crippen molar-refractivity contribution in [1.82, 2.24) is 0 Å². The second-order valence-electron chi connectivity index (χ2n) is 6.83. The molecular weight excluding hydrogens is 434 g/mol. The van der Waals surface area contributed by atoms with Gasteiger partial charge in [0.2, 0.25) is 0 Å². The lowest BCUT2D eigenvalue weighted by Crippen LogP contribution is -2.45. The van der Waals surface area contributed by atoms with E-state index in [2.05, 4.69) is 0 Å². The zero-order valence-electron chi connectivity index (χ0n) is 18.9. The highest BCUT2D eigenvalue weighted by Crippen LogP contribution is 2.59. The van der Waals surface area contributed by atoms with Gasteiger partial charge in [-0.1, -0.05) is 26.7 Å². The summed E-state index contributed by atoms with van der Waals surface area (Å²) in [6, 6.07) is 1.49. The number of hydrogen-bond donors (Lipinski definition) is 0. The molecular formula is C18H40O8P2Si. The Kier molecular flexibility index (Phi) is 12.4. The molecule has 0 amide bonds. The van der Waals surface area contributed by atoms with Gasteiger partial charge in [-0.3, -0.25) is 9.13 Å². The van der Waals surface area contributed by atoms with Crippen LogP contribution in [-0.2, 0) is 36.1 Å². The molecule has 174 valence electrons. The van der Waals surface area contributed by atoms with Crippen molar-refractivity contribution in [3.63, 3.8) is 0 Å². The van der Waals surface area contributed by atoms with Crippen LogP contribution in [0.4, 0.5) is 0 Å². The molecule has 0 radical (unpaired) electrons. The van der Waals surface area contributed by atoms with Crippen LogP contribution in [-0.4, -0.2) is 46.7 Å². The van der Waals surface area contributed by atoms with Gasteiger partial charge in [0.25, 0.3) is 0 Å². The summed E-state index contributed by atoms with van der Waals surface area (Å²) in [5.41, 5.74) is 0. The first-order chi connectivity index (χ1) is 13.8. The van der Waals surface area contributed by atoms with Gasteiger partial charge in [0, 0.05) is 0 Å². The van der Waals surface area contributed by atoms with Gasteiger partial charge in [0.05, 0.1) is 26.4 Å². The van der Waals surface area contributed by atoms with Gasteiger partial charge in [0.1, 0.15) is 11.7 Å². The van der Waals surface area contributed by atoms with Crippen LogP contribution < -0.4 is 0 Å². The van der Waals surface area contributed by atoms with Crippen molar-refractivity contribution >= 4 is 23.8 Å². The molecule has 0 bridgehead atoms. The highest BCUT2D eigenvalue weighted by atomic mass is 31.2. The Hall–Kier alpha value is 0.437. The molecule has 0 saturated carbocycles. The van der Waals surface area contributed by atoms with Crippen molar-refractivity contribution < 1.29 is 36.1 Å². The minimum absolute atomic E-state index is 0.272. The van der Waals surface area contributed by atoms with Crippen molar-refractivity contribution in [3.05, 3.63) is 0 Å². The van der Waals surface area contributed by atoms with Crippen LogP contribution in [0.1, 0.15) is 67.2 Å². The molecule has 1 rings (SSSR count). The lowest BCUT2D eigenvalue weighted by Gasteiger charge is -2.37. The van der Waals surface area contributed by atoms with E-state index in [9.17, 15) is 9.13 Å². The third-order valence-electron chi connectivity index (χ3n) is 4.71.